The molecule has 0 radical (unpaired) electrons. The standard InChI is InChI=1S/C12H10O2.3C2H6/c13-11-8-4-5-9-12(11)14-10-6-2-1-3-7-10;3*1-2/h1-9,13H;3*1-2H3. The zero-order valence-electron chi connectivity index (χ0n) is 13.6. The molecule has 0 unspecified atom stereocenters. The maximum absolute atomic E-state index is 9.45. The lowest BCUT2D eigenvalue weighted by Crippen LogP contribution is -1.83. The molecule has 0 saturated carbocycles. The molecule has 20 heavy (non-hydrogen) atoms. The molecule has 2 rings (SSSR count). The quantitative estimate of drug-likeness (QED) is 0.701. The fourth-order valence-corrected chi connectivity index (χ4v) is 1.16. The number of ether oxygens (including phenoxy) is 1. The Kier molecular flexibility index (Phi) is 15.4. The van der Waals surface area contributed by atoms with Crippen molar-refractivity contribution in [2.45, 2.75) is 41.5 Å². The number of hydrogen-bond donors (Lipinski definition) is 1. The van der Waals surface area contributed by atoms with Gasteiger partial charge in [-0.3, -0.25) is 0 Å². The second kappa shape index (κ2) is 15.1. The number of aromatic hydroxyl groups is 1. The fraction of sp³-hybridized carbons (Fsp3) is 0.333. The van der Waals surface area contributed by atoms with E-state index in [0.717, 1.165) is 0 Å². The summed E-state index contributed by atoms with van der Waals surface area (Å²) in [5.41, 5.74) is 0. The van der Waals surface area contributed by atoms with Crippen LogP contribution in [0, 0.1) is 0 Å². The van der Waals surface area contributed by atoms with Crippen molar-refractivity contribution >= 4 is 0 Å². The highest BCUT2D eigenvalue weighted by Crippen LogP contribution is 2.29. The van der Waals surface area contributed by atoms with Gasteiger partial charge in [0.05, 0.1) is 0 Å². The summed E-state index contributed by atoms with van der Waals surface area (Å²) in [7, 11) is 0. The third-order valence-corrected chi connectivity index (χ3v) is 1.84. The Morgan fingerprint density at radius 3 is 1.60 bits per heavy atom. The molecule has 0 amide bonds. The molecule has 2 nitrogen and oxygen atoms in total. The number of rotatable bonds is 2. The lowest BCUT2D eigenvalue weighted by Gasteiger charge is -2.06. The van der Waals surface area contributed by atoms with Crippen LogP contribution in [0.25, 0.3) is 0 Å². The van der Waals surface area contributed by atoms with Crippen molar-refractivity contribution in [2.75, 3.05) is 0 Å². The molecular formula is C18H28O2. The van der Waals surface area contributed by atoms with E-state index in [1.165, 1.54) is 0 Å². The van der Waals surface area contributed by atoms with E-state index in [-0.39, 0.29) is 5.75 Å². The Bertz CT molecular complexity index is 411. The third kappa shape index (κ3) is 8.20. The predicted octanol–water partition coefficient (Wildman–Crippen LogP) is 6.26. The highest BCUT2D eigenvalue weighted by Gasteiger charge is 2.00. The van der Waals surface area contributed by atoms with Gasteiger partial charge in [-0.05, 0) is 24.3 Å². The van der Waals surface area contributed by atoms with E-state index in [0.29, 0.717) is 11.5 Å². The van der Waals surface area contributed by atoms with E-state index in [4.69, 9.17) is 4.74 Å². The van der Waals surface area contributed by atoms with E-state index >= 15 is 0 Å². The Balaban J connectivity index is 0. The van der Waals surface area contributed by atoms with Crippen LogP contribution in [0.5, 0.6) is 17.2 Å². The van der Waals surface area contributed by atoms with Gasteiger partial charge in [-0.15, -0.1) is 0 Å². The van der Waals surface area contributed by atoms with Gasteiger partial charge in [-0.25, -0.2) is 0 Å². The van der Waals surface area contributed by atoms with Gasteiger partial charge in [-0.2, -0.15) is 0 Å². The minimum atomic E-state index is 0.149. The SMILES string of the molecule is CC.CC.CC.Oc1ccccc1Oc1ccccc1. The molecule has 0 saturated heterocycles. The molecule has 0 atom stereocenters. The Morgan fingerprint density at radius 2 is 1.10 bits per heavy atom. The van der Waals surface area contributed by atoms with E-state index in [2.05, 4.69) is 0 Å². The van der Waals surface area contributed by atoms with Gasteiger partial charge in [0.15, 0.2) is 11.5 Å². The lowest BCUT2D eigenvalue weighted by molar-refractivity contribution is 0.411. The largest absolute Gasteiger partial charge is 0.504 e. The normalized spacial score (nSPS) is 7.70. The van der Waals surface area contributed by atoms with Gasteiger partial charge in [0.2, 0.25) is 0 Å². The third-order valence-electron chi connectivity index (χ3n) is 1.84. The van der Waals surface area contributed by atoms with Crippen molar-refractivity contribution in [3.8, 4) is 17.2 Å². The minimum absolute atomic E-state index is 0.149. The van der Waals surface area contributed by atoms with Crippen LogP contribution < -0.4 is 4.74 Å². The van der Waals surface area contributed by atoms with Gasteiger partial charge >= 0.3 is 0 Å². The molecule has 2 heteroatoms. The van der Waals surface area contributed by atoms with E-state index < -0.39 is 0 Å². The van der Waals surface area contributed by atoms with Gasteiger partial charge in [0.1, 0.15) is 5.75 Å². The lowest BCUT2D eigenvalue weighted by atomic mass is 10.3. The molecule has 2 aromatic carbocycles. The molecule has 0 aliphatic heterocycles. The first-order valence-corrected chi connectivity index (χ1v) is 7.37. The summed E-state index contributed by atoms with van der Waals surface area (Å²) in [4.78, 5) is 0. The Hall–Kier alpha value is -1.96. The number of para-hydroxylation sites is 3. The van der Waals surface area contributed by atoms with Gasteiger partial charge in [0, 0.05) is 0 Å². The predicted molar refractivity (Wildman–Crippen MR) is 88.7 cm³/mol. The van der Waals surface area contributed by atoms with Gasteiger partial charge in [-0.1, -0.05) is 71.9 Å². The average Bonchev–Trinajstić information content (AvgIpc) is 2.56. The summed E-state index contributed by atoms with van der Waals surface area (Å²) in [5.74, 6) is 1.34. The zero-order chi connectivity index (χ0) is 15.8. The van der Waals surface area contributed by atoms with Crippen molar-refractivity contribution < 1.29 is 9.84 Å². The molecular weight excluding hydrogens is 248 g/mol. The first kappa shape index (κ1) is 20.4. The summed E-state index contributed by atoms with van der Waals surface area (Å²) in [6.07, 6.45) is 0. The average molecular weight is 276 g/mol. The Labute approximate surface area is 124 Å². The first-order chi connectivity index (χ1) is 9.86. The number of hydrogen-bond acceptors (Lipinski definition) is 2. The molecule has 0 heterocycles. The van der Waals surface area contributed by atoms with Crippen LogP contribution in [-0.4, -0.2) is 5.11 Å². The van der Waals surface area contributed by atoms with Crippen LogP contribution in [0.4, 0.5) is 0 Å². The second-order valence-corrected chi connectivity index (χ2v) is 2.88. The van der Waals surface area contributed by atoms with Crippen LogP contribution in [0.3, 0.4) is 0 Å². The molecule has 0 aliphatic carbocycles. The molecule has 1 N–H and O–H groups in total. The summed E-state index contributed by atoms with van der Waals surface area (Å²) in [6.45, 7) is 12.0. The van der Waals surface area contributed by atoms with Crippen LogP contribution in [0.1, 0.15) is 41.5 Å². The van der Waals surface area contributed by atoms with Crippen LogP contribution in [-0.2, 0) is 0 Å². The van der Waals surface area contributed by atoms with Crippen molar-refractivity contribution in [3.05, 3.63) is 54.6 Å². The number of phenolic OH excluding ortho intramolecular Hbond substituents is 1. The van der Waals surface area contributed by atoms with Crippen LogP contribution >= 0.6 is 0 Å². The van der Waals surface area contributed by atoms with E-state index in [1.807, 2.05) is 77.9 Å². The molecule has 2 aromatic rings. The van der Waals surface area contributed by atoms with Crippen LogP contribution in [0.2, 0.25) is 0 Å². The summed E-state index contributed by atoms with van der Waals surface area (Å²) in [5, 5.41) is 9.45. The highest BCUT2D eigenvalue weighted by atomic mass is 16.5. The highest BCUT2D eigenvalue weighted by molar-refractivity contribution is 5.41. The van der Waals surface area contributed by atoms with Gasteiger partial charge < -0.3 is 9.84 Å². The molecule has 0 aliphatic rings. The molecule has 0 bridgehead atoms. The smallest absolute Gasteiger partial charge is 0.169 e. The summed E-state index contributed by atoms with van der Waals surface area (Å²) >= 11 is 0. The zero-order valence-corrected chi connectivity index (χ0v) is 13.6. The number of benzene rings is 2. The topological polar surface area (TPSA) is 29.5 Å². The van der Waals surface area contributed by atoms with E-state index in [9.17, 15) is 5.11 Å². The summed E-state index contributed by atoms with van der Waals surface area (Å²) in [6, 6.07) is 16.3. The van der Waals surface area contributed by atoms with Crippen molar-refractivity contribution in [3.63, 3.8) is 0 Å². The first-order valence-electron chi connectivity index (χ1n) is 7.37. The molecule has 112 valence electrons. The summed E-state index contributed by atoms with van der Waals surface area (Å²) < 4.78 is 5.46. The van der Waals surface area contributed by atoms with Crippen molar-refractivity contribution in [1.82, 2.24) is 0 Å². The maximum Gasteiger partial charge on any atom is 0.169 e. The van der Waals surface area contributed by atoms with Crippen molar-refractivity contribution in [2.24, 2.45) is 0 Å². The van der Waals surface area contributed by atoms with E-state index in [1.54, 1.807) is 18.2 Å². The van der Waals surface area contributed by atoms with Gasteiger partial charge in [0.25, 0.3) is 0 Å². The minimum Gasteiger partial charge on any atom is -0.504 e. The molecule has 0 fully saturated rings. The second-order valence-electron chi connectivity index (χ2n) is 2.88. The monoisotopic (exact) mass is 276 g/mol. The Morgan fingerprint density at radius 1 is 0.650 bits per heavy atom. The van der Waals surface area contributed by atoms with Crippen LogP contribution in [0.15, 0.2) is 54.6 Å². The fourth-order valence-electron chi connectivity index (χ4n) is 1.16. The van der Waals surface area contributed by atoms with Crippen molar-refractivity contribution in [1.29, 1.82) is 0 Å². The molecule has 0 spiro atoms. The molecule has 0 aromatic heterocycles. The number of phenols is 1. The maximum atomic E-state index is 9.45.